The van der Waals surface area contributed by atoms with Crippen molar-refractivity contribution in [1.29, 1.82) is 0 Å². The Bertz CT molecular complexity index is 429. The van der Waals surface area contributed by atoms with E-state index >= 15 is 0 Å². The molecule has 2 rings (SSSR count). The molecule has 2 heteroatoms. The smallest absolute Gasteiger partial charge is 0.167 e. The van der Waals surface area contributed by atoms with Crippen molar-refractivity contribution in [2.24, 2.45) is 0 Å². The highest BCUT2D eigenvalue weighted by atomic mass is 16.5. The standard InChI is InChI=1S/C11H13NO/c1-7(2)9-4-5-11-10(6-9)8(3)12-13-11/h4-7H,1-3H3. The summed E-state index contributed by atoms with van der Waals surface area (Å²) in [6.45, 7) is 6.34. The average molecular weight is 175 g/mol. The Balaban J connectivity index is 2.66. The van der Waals surface area contributed by atoms with Crippen LogP contribution in [-0.4, -0.2) is 5.16 Å². The fourth-order valence-corrected chi connectivity index (χ4v) is 1.44. The van der Waals surface area contributed by atoms with E-state index in [2.05, 4.69) is 31.1 Å². The van der Waals surface area contributed by atoms with Gasteiger partial charge in [-0.05, 0) is 30.5 Å². The Morgan fingerprint density at radius 1 is 1.31 bits per heavy atom. The molecule has 2 nitrogen and oxygen atoms in total. The van der Waals surface area contributed by atoms with E-state index in [-0.39, 0.29) is 0 Å². The van der Waals surface area contributed by atoms with Crippen molar-refractivity contribution in [2.75, 3.05) is 0 Å². The van der Waals surface area contributed by atoms with Gasteiger partial charge in [-0.1, -0.05) is 25.1 Å². The molecular formula is C11H13NO. The summed E-state index contributed by atoms with van der Waals surface area (Å²) in [7, 11) is 0. The molecule has 2 aromatic rings. The molecule has 0 unspecified atom stereocenters. The van der Waals surface area contributed by atoms with Crippen LogP contribution in [0.2, 0.25) is 0 Å². The summed E-state index contributed by atoms with van der Waals surface area (Å²) in [5, 5.41) is 5.05. The summed E-state index contributed by atoms with van der Waals surface area (Å²) in [5.74, 6) is 0.554. The fraction of sp³-hybridized carbons (Fsp3) is 0.364. The van der Waals surface area contributed by atoms with Gasteiger partial charge in [0.1, 0.15) is 0 Å². The van der Waals surface area contributed by atoms with Crippen LogP contribution < -0.4 is 0 Å². The van der Waals surface area contributed by atoms with E-state index in [1.165, 1.54) is 5.56 Å². The van der Waals surface area contributed by atoms with Crippen LogP contribution in [0.15, 0.2) is 22.7 Å². The first-order valence-corrected chi connectivity index (χ1v) is 4.54. The molecule has 0 spiro atoms. The van der Waals surface area contributed by atoms with E-state index in [0.717, 1.165) is 16.7 Å². The highest BCUT2D eigenvalue weighted by molar-refractivity contribution is 5.79. The average Bonchev–Trinajstić information content (AvgIpc) is 2.47. The molecule has 0 bridgehead atoms. The molecule has 0 radical (unpaired) electrons. The predicted octanol–water partition coefficient (Wildman–Crippen LogP) is 3.26. The minimum Gasteiger partial charge on any atom is -0.356 e. The summed E-state index contributed by atoms with van der Waals surface area (Å²) in [6, 6.07) is 6.24. The number of benzene rings is 1. The lowest BCUT2D eigenvalue weighted by atomic mass is 10.0. The molecule has 0 aliphatic rings. The van der Waals surface area contributed by atoms with E-state index in [9.17, 15) is 0 Å². The number of aromatic nitrogens is 1. The molecule has 0 aliphatic heterocycles. The Kier molecular flexibility index (Phi) is 1.83. The number of aryl methyl sites for hydroxylation is 1. The first-order chi connectivity index (χ1) is 6.18. The largest absolute Gasteiger partial charge is 0.356 e. The Morgan fingerprint density at radius 3 is 2.77 bits per heavy atom. The molecule has 0 amide bonds. The second-order valence-electron chi connectivity index (χ2n) is 3.68. The first-order valence-electron chi connectivity index (χ1n) is 4.54. The molecule has 1 heterocycles. The first kappa shape index (κ1) is 8.30. The summed E-state index contributed by atoms with van der Waals surface area (Å²) in [6.07, 6.45) is 0. The van der Waals surface area contributed by atoms with Crippen molar-refractivity contribution in [3.8, 4) is 0 Å². The highest BCUT2D eigenvalue weighted by Crippen LogP contribution is 2.23. The molecule has 0 N–H and O–H groups in total. The van der Waals surface area contributed by atoms with Crippen molar-refractivity contribution >= 4 is 11.0 Å². The molecule has 68 valence electrons. The van der Waals surface area contributed by atoms with Crippen LogP contribution in [0.3, 0.4) is 0 Å². The highest BCUT2D eigenvalue weighted by Gasteiger charge is 2.06. The van der Waals surface area contributed by atoms with Crippen LogP contribution in [0, 0.1) is 6.92 Å². The zero-order valence-electron chi connectivity index (χ0n) is 8.16. The van der Waals surface area contributed by atoms with E-state index in [1.807, 2.05) is 13.0 Å². The van der Waals surface area contributed by atoms with E-state index in [1.54, 1.807) is 0 Å². The number of rotatable bonds is 1. The molecule has 0 fully saturated rings. The van der Waals surface area contributed by atoms with Crippen molar-refractivity contribution in [1.82, 2.24) is 5.16 Å². The zero-order valence-corrected chi connectivity index (χ0v) is 8.16. The van der Waals surface area contributed by atoms with E-state index in [4.69, 9.17) is 4.52 Å². The van der Waals surface area contributed by atoms with Crippen molar-refractivity contribution < 1.29 is 4.52 Å². The van der Waals surface area contributed by atoms with Gasteiger partial charge in [0, 0.05) is 5.39 Å². The van der Waals surface area contributed by atoms with Crippen molar-refractivity contribution in [2.45, 2.75) is 26.7 Å². The quantitative estimate of drug-likeness (QED) is 0.664. The molecule has 0 atom stereocenters. The molecule has 0 aliphatic carbocycles. The fourth-order valence-electron chi connectivity index (χ4n) is 1.44. The number of hydrogen-bond donors (Lipinski definition) is 0. The van der Waals surface area contributed by atoms with Gasteiger partial charge in [0.15, 0.2) is 5.58 Å². The second-order valence-corrected chi connectivity index (χ2v) is 3.68. The molecular weight excluding hydrogens is 162 g/mol. The SMILES string of the molecule is Cc1noc2ccc(C(C)C)cc12. The summed E-state index contributed by atoms with van der Waals surface area (Å²) in [5.41, 5.74) is 3.18. The third-order valence-electron chi connectivity index (χ3n) is 2.34. The maximum atomic E-state index is 5.13. The molecule has 1 aromatic carbocycles. The van der Waals surface area contributed by atoms with Gasteiger partial charge >= 0.3 is 0 Å². The van der Waals surface area contributed by atoms with Gasteiger partial charge in [-0.2, -0.15) is 0 Å². The maximum absolute atomic E-state index is 5.13. The lowest BCUT2D eigenvalue weighted by Gasteiger charge is -2.03. The van der Waals surface area contributed by atoms with Gasteiger partial charge in [-0.15, -0.1) is 0 Å². The second kappa shape index (κ2) is 2.87. The van der Waals surface area contributed by atoms with Crippen LogP contribution in [0.1, 0.15) is 31.0 Å². The van der Waals surface area contributed by atoms with Gasteiger partial charge < -0.3 is 4.52 Å². The van der Waals surface area contributed by atoms with Crippen LogP contribution in [0.25, 0.3) is 11.0 Å². The van der Waals surface area contributed by atoms with Gasteiger partial charge in [0.05, 0.1) is 5.69 Å². The van der Waals surface area contributed by atoms with Crippen LogP contribution in [-0.2, 0) is 0 Å². The van der Waals surface area contributed by atoms with E-state index in [0.29, 0.717) is 5.92 Å². The summed E-state index contributed by atoms with van der Waals surface area (Å²) >= 11 is 0. The van der Waals surface area contributed by atoms with Crippen LogP contribution in [0.4, 0.5) is 0 Å². The monoisotopic (exact) mass is 175 g/mol. The molecule has 1 aromatic heterocycles. The predicted molar refractivity (Wildman–Crippen MR) is 52.8 cm³/mol. The Hall–Kier alpha value is -1.31. The minimum absolute atomic E-state index is 0.554. The minimum atomic E-state index is 0.554. The molecule has 0 saturated carbocycles. The molecule has 0 saturated heterocycles. The Labute approximate surface area is 77.5 Å². The maximum Gasteiger partial charge on any atom is 0.167 e. The van der Waals surface area contributed by atoms with Gasteiger partial charge in [-0.25, -0.2) is 0 Å². The third kappa shape index (κ3) is 1.32. The Morgan fingerprint density at radius 2 is 2.08 bits per heavy atom. The molecule has 13 heavy (non-hydrogen) atoms. The van der Waals surface area contributed by atoms with Gasteiger partial charge in [0.25, 0.3) is 0 Å². The zero-order chi connectivity index (χ0) is 9.42. The van der Waals surface area contributed by atoms with Crippen molar-refractivity contribution in [3.05, 3.63) is 29.5 Å². The van der Waals surface area contributed by atoms with E-state index < -0.39 is 0 Å². The number of hydrogen-bond acceptors (Lipinski definition) is 2. The third-order valence-corrected chi connectivity index (χ3v) is 2.34. The summed E-state index contributed by atoms with van der Waals surface area (Å²) in [4.78, 5) is 0. The van der Waals surface area contributed by atoms with Crippen molar-refractivity contribution in [3.63, 3.8) is 0 Å². The van der Waals surface area contributed by atoms with Crippen LogP contribution >= 0.6 is 0 Å². The van der Waals surface area contributed by atoms with Gasteiger partial charge in [0.2, 0.25) is 0 Å². The van der Waals surface area contributed by atoms with Gasteiger partial charge in [-0.3, -0.25) is 0 Å². The topological polar surface area (TPSA) is 26.0 Å². The lowest BCUT2D eigenvalue weighted by Crippen LogP contribution is -1.85. The van der Waals surface area contributed by atoms with Crippen LogP contribution in [0.5, 0.6) is 0 Å². The summed E-state index contributed by atoms with van der Waals surface area (Å²) < 4.78 is 5.13. The lowest BCUT2D eigenvalue weighted by molar-refractivity contribution is 0.450. The number of fused-ring (bicyclic) bond motifs is 1. The normalized spacial score (nSPS) is 11.4. The number of nitrogens with zero attached hydrogens (tertiary/aromatic N) is 1.